The third-order valence-corrected chi connectivity index (χ3v) is 9.57. The molecule has 2 heteroatoms. The van der Waals surface area contributed by atoms with Gasteiger partial charge in [0.1, 0.15) is 11.2 Å². The van der Waals surface area contributed by atoms with E-state index in [2.05, 4.69) is 156 Å². The van der Waals surface area contributed by atoms with Crippen LogP contribution in [0.25, 0.3) is 93.2 Å². The molecule has 0 unspecified atom stereocenters. The Kier molecular flexibility index (Phi) is 5.31. The molecular formula is C44H27NO. The van der Waals surface area contributed by atoms with Gasteiger partial charge in [-0.15, -0.1) is 0 Å². The number of fused-ring (bicyclic) bond motifs is 8. The molecule has 0 bridgehead atoms. The topological polar surface area (TPSA) is 18.1 Å². The first-order valence-corrected chi connectivity index (χ1v) is 15.8. The molecule has 0 N–H and O–H groups in total. The van der Waals surface area contributed by atoms with Crippen molar-refractivity contribution in [3.8, 4) is 27.9 Å². The fourth-order valence-electron chi connectivity index (χ4n) is 7.56. The van der Waals surface area contributed by atoms with Gasteiger partial charge in [-0.3, -0.25) is 0 Å². The fourth-order valence-corrected chi connectivity index (χ4v) is 7.56. The van der Waals surface area contributed by atoms with E-state index >= 15 is 0 Å². The highest BCUT2D eigenvalue weighted by Gasteiger charge is 2.20. The number of aromatic nitrogens is 1. The Bertz CT molecular complexity index is 2740. The molecule has 0 fully saturated rings. The summed E-state index contributed by atoms with van der Waals surface area (Å²) in [6, 6.07) is 59.1. The van der Waals surface area contributed by atoms with Crippen molar-refractivity contribution in [1.29, 1.82) is 0 Å². The number of rotatable bonds is 3. The number of furan rings is 1. The number of benzene rings is 8. The van der Waals surface area contributed by atoms with E-state index in [0.717, 1.165) is 21.9 Å². The lowest BCUT2D eigenvalue weighted by Crippen LogP contribution is -1.99. The van der Waals surface area contributed by atoms with Gasteiger partial charge in [0.05, 0.1) is 16.7 Å². The summed E-state index contributed by atoms with van der Waals surface area (Å²) < 4.78 is 8.61. The molecule has 2 heterocycles. The molecule has 0 spiro atoms. The van der Waals surface area contributed by atoms with E-state index in [9.17, 15) is 0 Å². The highest BCUT2D eigenvalue weighted by molar-refractivity contribution is 6.21. The van der Waals surface area contributed by atoms with Crippen molar-refractivity contribution < 1.29 is 4.42 Å². The molecule has 0 aliphatic rings. The summed E-state index contributed by atoms with van der Waals surface area (Å²) in [5.41, 5.74) is 10.3. The molecule has 0 amide bonds. The molecule has 0 saturated carbocycles. The number of nitrogens with zero attached hydrogens (tertiary/aromatic N) is 1. The summed E-state index contributed by atoms with van der Waals surface area (Å²) in [6.07, 6.45) is 0. The molecule has 0 saturated heterocycles. The molecule has 46 heavy (non-hydrogen) atoms. The van der Waals surface area contributed by atoms with Gasteiger partial charge >= 0.3 is 0 Å². The molecule has 214 valence electrons. The van der Waals surface area contributed by atoms with Crippen molar-refractivity contribution in [2.24, 2.45) is 0 Å². The third-order valence-electron chi connectivity index (χ3n) is 9.57. The number of para-hydroxylation sites is 2. The predicted molar refractivity (Wildman–Crippen MR) is 194 cm³/mol. The van der Waals surface area contributed by atoms with E-state index in [1.807, 2.05) is 12.1 Å². The largest absolute Gasteiger partial charge is 0.456 e. The van der Waals surface area contributed by atoms with Crippen LogP contribution in [0.2, 0.25) is 0 Å². The van der Waals surface area contributed by atoms with E-state index in [-0.39, 0.29) is 0 Å². The summed E-state index contributed by atoms with van der Waals surface area (Å²) in [4.78, 5) is 0. The average Bonchev–Trinajstić information content (AvgIpc) is 3.66. The maximum Gasteiger partial charge on any atom is 0.135 e. The van der Waals surface area contributed by atoms with Crippen molar-refractivity contribution in [3.05, 3.63) is 164 Å². The third kappa shape index (κ3) is 3.59. The van der Waals surface area contributed by atoms with Crippen LogP contribution in [-0.2, 0) is 0 Å². The van der Waals surface area contributed by atoms with Crippen LogP contribution in [0.3, 0.4) is 0 Å². The number of hydrogen-bond donors (Lipinski definition) is 0. The van der Waals surface area contributed by atoms with Crippen molar-refractivity contribution in [2.75, 3.05) is 0 Å². The van der Waals surface area contributed by atoms with Crippen LogP contribution in [-0.4, -0.2) is 4.57 Å². The first-order chi connectivity index (χ1) is 22.8. The normalized spacial score (nSPS) is 11.9. The maximum atomic E-state index is 6.13. The molecule has 2 aromatic heterocycles. The molecule has 10 rings (SSSR count). The Balaban J connectivity index is 1.28. The summed E-state index contributed by atoms with van der Waals surface area (Å²) in [5, 5.41) is 9.77. The molecule has 0 atom stereocenters. The minimum absolute atomic E-state index is 0.917. The van der Waals surface area contributed by atoms with Gasteiger partial charge in [0.2, 0.25) is 0 Å². The van der Waals surface area contributed by atoms with Gasteiger partial charge in [-0.05, 0) is 69.4 Å². The standard InChI is InChI=1S/C44H27NO/c1-2-12-28(13-3-1)43-33-16-4-6-18-35(33)44(36-19-7-5-17-34(36)43)45-39-20-10-8-14-31(39)37-26-29(22-24-40(37)45)30-23-25-42-38(27-30)32-15-9-11-21-41(32)46-42/h1-27H. The minimum Gasteiger partial charge on any atom is -0.456 e. The zero-order valence-electron chi connectivity index (χ0n) is 24.9. The minimum atomic E-state index is 0.917. The first-order valence-electron chi connectivity index (χ1n) is 15.8. The maximum absolute atomic E-state index is 6.13. The summed E-state index contributed by atoms with van der Waals surface area (Å²) >= 11 is 0. The van der Waals surface area contributed by atoms with E-state index in [1.54, 1.807) is 0 Å². The molecule has 0 radical (unpaired) electrons. The Hall–Kier alpha value is -6.12. The van der Waals surface area contributed by atoms with E-state index in [0.29, 0.717) is 0 Å². The van der Waals surface area contributed by atoms with Crippen molar-refractivity contribution in [3.63, 3.8) is 0 Å². The lowest BCUT2D eigenvalue weighted by molar-refractivity contribution is 0.669. The van der Waals surface area contributed by atoms with Crippen molar-refractivity contribution >= 4 is 65.3 Å². The van der Waals surface area contributed by atoms with Crippen LogP contribution in [0.15, 0.2) is 168 Å². The Morgan fingerprint density at radius 3 is 1.59 bits per heavy atom. The smallest absolute Gasteiger partial charge is 0.135 e. The lowest BCUT2D eigenvalue weighted by Gasteiger charge is -2.19. The molecule has 0 aliphatic carbocycles. The van der Waals surface area contributed by atoms with E-state index < -0.39 is 0 Å². The van der Waals surface area contributed by atoms with Crippen LogP contribution in [0.1, 0.15) is 0 Å². The molecule has 0 aliphatic heterocycles. The van der Waals surface area contributed by atoms with Gasteiger partial charge in [0.25, 0.3) is 0 Å². The van der Waals surface area contributed by atoms with Crippen LogP contribution >= 0.6 is 0 Å². The predicted octanol–water partition coefficient (Wildman–Crippen LogP) is 12.3. The number of hydrogen-bond acceptors (Lipinski definition) is 1. The second kappa shape index (κ2) is 9.69. The summed E-state index contributed by atoms with van der Waals surface area (Å²) in [6.45, 7) is 0. The van der Waals surface area contributed by atoms with Crippen LogP contribution in [0, 0.1) is 0 Å². The quantitative estimate of drug-likeness (QED) is 0.189. The molecular weight excluding hydrogens is 558 g/mol. The summed E-state index contributed by atoms with van der Waals surface area (Å²) in [5.74, 6) is 0. The zero-order valence-corrected chi connectivity index (χ0v) is 24.9. The van der Waals surface area contributed by atoms with Crippen LogP contribution in [0.5, 0.6) is 0 Å². The Morgan fingerprint density at radius 1 is 0.326 bits per heavy atom. The monoisotopic (exact) mass is 585 g/mol. The average molecular weight is 586 g/mol. The van der Waals surface area contributed by atoms with E-state index in [4.69, 9.17) is 4.42 Å². The van der Waals surface area contributed by atoms with Gasteiger partial charge in [-0.2, -0.15) is 0 Å². The zero-order chi connectivity index (χ0) is 30.2. The fraction of sp³-hybridized carbons (Fsp3) is 0. The van der Waals surface area contributed by atoms with E-state index in [1.165, 1.54) is 71.3 Å². The second-order valence-electron chi connectivity index (χ2n) is 12.1. The van der Waals surface area contributed by atoms with Crippen LogP contribution < -0.4 is 0 Å². The lowest BCUT2D eigenvalue weighted by atomic mass is 9.90. The van der Waals surface area contributed by atoms with Crippen molar-refractivity contribution in [1.82, 2.24) is 4.57 Å². The highest BCUT2D eigenvalue weighted by atomic mass is 16.3. The second-order valence-corrected chi connectivity index (χ2v) is 12.1. The molecule has 2 nitrogen and oxygen atoms in total. The van der Waals surface area contributed by atoms with Gasteiger partial charge < -0.3 is 8.98 Å². The molecule has 8 aromatic carbocycles. The summed E-state index contributed by atoms with van der Waals surface area (Å²) in [7, 11) is 0. The Labute approximate surface area is 265 Å². The van der Waals surface area contributed by atoms with Gasteiger partial charge in [0.15, 0.2) is 0 Å². The Morgan fingerprint density at radius 2 is 0.848 bits per heavy atom. The van der Waals surface area contributed by atoms with Gasteiger partial charge in [0, 0.05) is 32.3 Å². The highest BCUT2D eigenvalue weighted by Crippen LogP contribution is 2.44. The SMILES string of the molecule is c1ccc(-c2c3ccccc3c(-n3c4ccccc4c4cc(-c5ccc6oc7ccccc7c6c5)ccc43)c3ccccc23)cc1. The first kappa shape index (κ1) is 25.2. The van der Waals surface area contributed by atoms with Gasteiger partial charge in [-0.25, -0.2) is 0 Å². The van der Waals surface area contributed by atoms with Gasteiger partial charge in [-0.1, -0.05) is 127 Å². The molecule has 10 aromatic rings. The van der Waals surface area contributed by atoms with Crippen LogP contribution in [0.4, 0.5) is 0 Å². The van der Waals surface area contributed by atoms with Crippen molar-refractivity contribution in [2.45, 2.75) is 0 Å².